The van der Waals surface area contributed by atoms with Crippen molar-refractivity contribution in [2.75, 3.05) is 13.6 Å². The molecule has 118 valence electrons. The Hall–Kier alpha value is -0.860. The summed E-state index contributed by atoms with van der Waals surface area (Å²) >= 11 is 0. The number of Topliss-reactive ketones (excluding diaryl/α,β-unsaturated/α-hetero) is 1. The van der Waals surface area contributed by atoms with E-state index in [-0.39, 0.29) is 5.91 Å². The lowest BCUT2D eigenvalue weighted by atomic mass is 10.1. The summed E-state index contributed by atoms with van der Waals surface area (Å²) in [5.74, 6) is 1.22. The zero-order valence-electron chi connectivity index (χ0n) is 13.9. The predicted molar refractivity (Wildman–Crippen MR) is 84.7 cm³/mol. The quantitative estimate of drug-likeness (QED) is 0.503. The normalized spacial score (nSPS) is 10.8. The Labute approximate surface area is 125 Å². The van der Waals surface area contributed by atoms with Crippen molar-refractivity contribution in [3.05, 3.63) is 0 Å². The van der Waals surface area contributed by atoms with Gasteiger partial charge in [-0.1, -0.05) is 39.5 Å². The molecule has 0 radical (unpaired) electrons. The molecule has 1 amide bonds. The minimum atomic E-state index is 0.280. The highest BCUT2D eigenvalue weighted by atomic mass is 16.2. The molecular formula is C17H33NO2. The average Bonchev–Trinajstić information content (AvgIpc) is 2.38. The Balaban J connectivity index is 3.41. The molecule has 0 atom stereocenters. The van der Waals surface area contributed by atoms with Crippen molar-refractivity contribution in [3.8, 4) is 0 Å². The first-order valence-corrected chi connectivity index (χ1v) is 8.17. The van der Waals surface area contributed by atoms with Gasteiger partial charge in [-0.05, 0) is 32.1 Å². The summed E-state index contributed by atoms with van der Waals surface area (Å²) in [6, 6.07) is 0. The second-order valence-corrected chi connectivity index (χ2v) is 6.32. The monoisotopic (exact) mass is 283 g/mol. The first-order chi connectivity index (χ1) is 9.43. The zero-order valence-corrected chi connectivity index (χ0v) is 13.9. The van der Waals surface area contributed by atoms with E-state index in [0.29, 0.717) is 18.1 Å². The van der Waals surface area contributed by atoms with Gasteiger partial charge in [0.25, 0.3) is 0 Å². The average molecular weight is 283 g/mol. The maximum absolute atomic E-state index is 11.9. The molecule has 3 nitrogen and oxygen atoms in total. The van der Waals surface area contributed by atoms with Crippen LogP contribution in [0.25, 0.3) is 0 Å². The van der Waals surface area contributed by atoms with E-state index in [1.165, 1.54) is 12.8 Å². The van der Waals surface area contributed by atoms with E-state index in [0.717, 1.165) is 45.1 Å². The lowest BCUT2D eigenvalue weighted by Crippen LogP contribution is -2.28. The number of nitrogens with zero attached hydrogens (tertiary/aromatic N) is 1. The Bertz CT molecular complexity index is 274. The molecule has 3 heteroatoms. The van der Waals surface area contributed by atoms with Crippen LogP contribution in [0.1, 0.15) is 78.6 Å². The summed E-state index contributed by atoms with van der Waals surface area (Å²) in [6.45, 7) is 6.90. The summed E-state index contributed by atoms with van der Waals surface area (Å²) in [5, 5.41) is 0. The summed E-state index contributed by atoms with van der Waals surface area (Å²) in [6.07, 6.45) is 9.14. The summed E-state index contributed by atoms with van der Waals surface area (Å²) in [5.41, 5.74) is 0. The molecule has 0 saturated carbocycles. The molecule has 0 rings (SSSR count). The number of rotatable bonds is 12. The fraction of sp³-hybridized carbons (Fsp3) is 0.882. The molecule has 0 aliphatic heterocycles. The van der Waals surface area contributed by atoms with Gasteiger partial charge in [-0.3, -0.25) is 4.79 Å². The predicted octanol–water partition coefficient (Wildman–Crippen LogP) is 4.20. The number of hydrogen-bond donors (Lipinski definition) is 0. The highest BCUT2D eigenvalue weighted by molar-refractivity contribution is 5.75. The molecule has 0 fully saturated rings. The summed E-state index contributed by atoms with van der Waals surface area (Å²) in [7, 11) is 1.91. The van der Waals surface area contributed by atoms with Crippen LogP contribution in [-0.4, -0.2) is 30.2 Å². The minimum absolute atomic E-state index is 0.280. The lowest BCUT2D eigenvalue weighted by Gasteiger charge is -2.18. The number of carbonyl (C=O) groups is 2. The fourth-order valence-electron chi connectivity index (χ4n) is 2.12. The van der Waals surface area contributed by atoms with Crippen LogP contribution < -0.4 is 0 Å². The van der Waals surface area contributed by atoms with Gasteiger partial charge in [0.2, 0.25) is 5.91 Å². The van der Waals surface area contributed by atoms with E-state index < -0.39 is 0 Å². The van der Waals surface area contributed by atoms with Crippen LogP contribution in [0.2, 0.25) is 0 Å². The molecule has 0 aromatic heterocycles. The molecule has 0 aromatic carbocycles. The second kappa shape index (κ2) is 11.9. The van der Waals surface area contributed by atoms with Gasteiger partial charge in [0.1, 0.15) is 5.78 Å². The van der Waals surface area contributed by atoms with Gasteiger partial charge in [0.05, 0.1) is 0 Å². The van der Waals surface area contributed by atoms with Crippen LogP contribution in [0.3, 0.4) is 0 Å². The second-order valence-electron chi connectivity index (χ2n) is 6.32. The van der Waals surface area contributed by atoms with Gasteiger partial charge in [-0.15, -0.1) is 0 Å². The van der Waals surface area contributed by atoms with Gasteiger partial charge < -0.3 is 9.69 Å². The first kappa shape index (κ1) is 19.1. The molecule has 0 heterocycles. The molecule has 0 aliphatic carbocycles. The van der Waals surface area contributed by atoms with Gasteiger partial charge in [0, 0.05) is 26.4 Å². The molecule has 0 bridgehead atoms. The van der Waals surface area contributed by atoms with Crippen LogP contribution >= 0.6 is 0 Å². The van der Waals surface area contributed by atoms with Crippen LogP contribution in [0.4, 0.5) is 0 Å². The van der Waals surface area contributed by atoms with Gasteiger partial charge in [-0.25, -0.2) is 0 Å². The van der Waals surface area contributed by atoms with Crippen LogP contribution in [-0.2, 0) is 9.59 Å². The maximum Gasteiger partial charge on any atom is 0.222 e. The smallest absolute Gasteiger partial charge is 0.222 e. The number of hydrogen-bond acceptors (Lipinski definition) is 2. The molecule has 0 N–H and O–H groups in total. The third-order valence-corrected chi connectivity index (χ3v) is 3.64. The van der Waals surface area contributed by atoms with E-state index in [2.05, 4.69) is 13.8 Å². The topological polar surface area (TPSA) is 37.4 Å². The van der Waals surface area contributed by atoms with Crippen LogP contribution in [0.5, 0.6) is 0 Å². The van der Waals surface area contributed by atoms with Gasteiger partial charge in [0.15, 0.2) is 0 Å². The van der Waals surface area contributed by atoms with Crippen LogP contribution in [0, 0.1) is 5.92 Å². The van der Waals surface area contributed by atoms with E-state index in [9.17, 15) is 9.59 Å². The highest BCUT2D eigenvalue weighted by Gasteiger charge is 2.08. The van der Waals surface area contributed by atoms with E-state index >= 15 is 0 Å². The molecule has 0 unspecified atom stereocenters. The molecule has 0 spiro atoms. The third-order valence-electron chi connectivity index (χ3n) is 3.64. The van der Waals surface area contributed by atoms with Gasteiger partial charge >= 0.3 is 0 Å². The Morgan fingerprint density at radius 3 is 1.90 bits per heavy atom. The summed E-state index contributed by atoms with van der Waals surface area (Å²) < 4.78 is 0. The molecule has 0 aliphatic rings. The minimum Gasteiger partial charge on any atom is -0.346 e. The van der Waals surface area contributed by atoms with E-state index in [4.69, 9.17) is 0 Å². The fourth-order valence-corrected chi connectivity index (χ4v) is 2.12. The van der Waals surface area contributed by atoms with Crippen molar-refractivity contribution >= 4 is 11.7 Å². The molecule has 0 saturated heterocycles. The summed E-state index contributed by atoms with van der Waals surface area (Å²) in [4.78, 5) is 24.5. The largest absolute Gasteiger partial charge is 0.346 e. The van der Waals surface area contributed by atoms with Crippen molar-refractivity contribution in [2.45, 2.75) is 78.6 Å². The molecule has 0 aromatic rings. The number of amides is 1. The Morgan fingerprint density at radius 1 is 0.900 bits per heavy atom. The van der Waals surface area contributed by atoms with Crippen molar-refractivity contribution in [2.24, 2.45) is 5.92 Å². The van der Waals surface area contributed by atoms with Crippen molar-refractivity contribution in [3.63, 3.8) is 0 Å². The number of carbonyl (C=O) groups excluding carboxylic acids is 2. The zero-order chi connectivity index (χ0) is 15.4. The number of ketones is 1. The molecule has 20 heavy (non-hydrogen) atoms. The third kappa shape index (κ3) is 12.2. The standard InChI is InChI=1S/C17H33NO2/c1-15(2)13-14-18(4)17(20)12-10-8-6-5-7-9-11-16(3)19/h15H,5-14H2,1-4H3. The first-order valence-electron chi connectivity index (χ1n) is 8.17. The molecular weight excluding hydrogens is 250 g/mol. The van der Waals surface area contributed by atoms with Crippen molar-refractivity contribution in [1.82, 2.24) is 4.90 Å². The highest BCUT2D eigenvalue weighted by Crippen LogP contribution is 2.10. The van der Waals surface area contributed by atoms with Crippen molar-refractivity contribution < 1.29 is 9.59 Å². The van der Waals surface area contributed by atoms with Crippen LogP contribution in [0.15, 0.2) is 0 Å². The van der Waals surface area contributed by atoms with E-state index in [1.807, 2.05) is 11.9 Å². The Kier molecular flexibility index (Phi) is 11.4. The van der Waals surface area contributed by atoms with Gasteiger partial charge in [-0.2, -0.15) is 0 Å². The Morgan fingerprint density at radius 2 is 1.40 bits per heavy atom. The number of unbranched alkanes of at least 4 members (excludes halogenated alkanes) is 5. The SMILES string of the molecule is CC(=O)CCCCCCCCC(=O)N(C)CCC(C)C. The van der Waals surface area contributed by atoms with E-state index in [1.54, 1.807) is 6.92 Å². The van der Waals surface area contributed by atoms with Crippen molar-refractivity contribution in [1.29, 1.82) is 0 Å². The lowest BCUT2D eigenvalue weighted by molar-refractivity contribution is -0.130. The maximum atomic E-state index is 11.9.